The number of hydrogen-bond acceptors (Lipinski definition) is 2. The number of carbonyl (C=O) groups excluding carboxylic acids is 1. The van der Waals surface area contributed by atoms with Gasteiger partial charge in [0.15, 0.2) is 0 Å². The van der Waals surface area contributed by atoms with Crippen LogP contribution in [-0.2, 0) is 9.53 Å². The van der Waals surface area contributed by atoms with E-state index in [-0.39, 0.29) is 6.10 Å². The molecule has 0 amide bonds. The average molecular weight is 212 g/mol. The lowest BCUT2D eigenvalue weighted by atomic mass is 9.75. The first kappa shape index (κ1) is 12.7. The van der Waals surface area contributed by atoms with E-state index in [1.54, 1.807) is 7.11 Å². The third kappa shape index (κ3) is 3.60. The fourth-order valence-corrected chi connectivity index (χ4v) is 2.64. The summed E-state index contributed by atoms with van der Waals surface area (Å²) in [6, 6.07) is 0. The molecule has 0 aromatic carbocycles. The fourth-order valence-electron chi connectivity index (χ4n) is 2.64. The van der Waals surface area contributed by atoms with Gasteiger partial charge in [-0.15, -0.1) is 0 Å². The van der Waals surface area contributed by atoms with E-state index in [0.717, 1.165) is 12.8 Å². The molecule has 2 nitrogen and oxygen atoms in total. The van der Waals surface area contributed by atoms with Crippen LogP contribution in [0.25, 0.3) is 0 Å². The van der Waals surface area contributed by atoms with Crippen molar-refractivity contribution in [1.82, 2.24) is 0 Å². The highest BCUT2D eigenvalue weighted by atomic mass is 16.5. The molecule has 0 saturated heterocycles. The number of methoxy groups -OCH3 is 1. The lowest BCUT2D eigenvalue weighted by Gasteiger charge is -2.30. The Kier molecular flexibility index (Phi) is 5.30. The van der Waals surface area contributed by atoms with Gasteiger partial charge in [0.25, 0.3) is 0 Å². The van der Waals surface area contributed by atoms with Gasteiger partial charge in [-0.3, -0.25) is 4.79 Å². The first-order valence-corrected chi connectivity index (χ1v) is 6.24. The summed E-state index contributed by atoms with van der Waals surface area (Å²) in [6.45, 7) is 4.18. The molecule has 1 aliphatic carbocycles. The lowest BCUT2D eigenvalue weighted by molar-refractivity contribution is -0.127. The van der Waals surface area contributed by atoms with Crippen molar-refractivity contribution < 1.29 is 9.53 Å². The second kappa shape index (κ2) is 6.26. The summed E-state index contributed by atoms with van der Waals surface area (Å²) >= 11 is 0. The van der Waals surface area contributed by atoms with Gasteiger partial charge in [0.1, 0.15) is 5.78 Å². The van der Waals surface area contributed by atoms with Crippen molar-refractivity contribution in [1.29, 1.82) is 0 Å². The van der Waals surface area contributed by atoms with E-state index in [1.807, 2.05) is 6.92 Å². The Bertz CT molecular complexity index is 201. The number of ether oxygens (including phenoxy) is 1. The number of Topliss-reactive ketones (excluding diaryl/α,β-unsaturated/α-hetero) is 1. The molecule has 3 atom stereocenters. The molecule has 0 heterocycles. The van der Waals surface area contributed by atoms with Crippen LogP contribution in [0.3, 0.4) is 0 Å². The molecule has 1 rings (SSSR count). The molecule has 2 heteroatoms. The molecule has 0 spiro atoms. The number of ketones is 1. The van der Waals surface area contributed by atoms with Crippen LogP contribution in [0.5, 0.6) is 0 Å². The Morgan fingerprint density at radius 2 is 2.07 bits per heavy atom. The van der Waals surface area contributed by atoms with Gasteiger partial charge in [-0.1, -0.05) is 26.2 Å². The standard InChI is InChI=1S/C13H24O2/c1-4-11-7-5-6-8-12(11)13(14)9-10(2)15-3/h10-12H,4-9H2,1-3H3. The molecule has 1 saturated carbocycles. The van der Waals surface area contributed by atoms with E-state index in [9.17, 15) is 4.79 Å². The predicted octanol–water partition coefficient (Wildman–Crippen LogP) is 3.20. The van der Waals surface area contributed by atoms with Crippen molar-refractivity contribution in [2.24, 2.45) is 11.8 Å². The van der Waals surface area contributed by atoms with Crippen LogP contribution in [0, 0.1) is 11.8 Å². The third-order valence-corrected chi connectivity index (χ3v) is 3.74. The Morgan fingerprint density at radius 3 is 2.67 bits per heavy atom. The van der Waals surface area contributed by atoms with Crippen molar-refractivity contribution in [3.05, 3.63) is 0 Å². The smallest absolute Gasteiger partial charge is 0.138 e. The van der Waals surface area contributed by atoms with E-state index in [4.69, 9.17) is 4.74 Å². The molecule has 3 unspecified atom stereocenters. The molecule has 0 bridgehead atoms. The van der Waals surface area contributed by atoms with Gasteiger partial charge >= 0.3 is 0 Å². The number of rotatable bonds is 5. The lowest BCUT2D eigenvalue weighted by Crippen LogP contribution is -2.29. The number of carbonyl (C=O) groups is 1. The molecule has 88 valence electrons. The van der Waals surface area contributed by atoms with E-state index < -0.39 is 0 Å². The molecule has 0 aromatic rings. The van der Waals surface area contributed by atoms with Gasteiger partial charge in [0.05, 0.1) is 6.10 Å². The van der Waals surface area contributed by atoms with Crippen molar-refractivity contribution in [2.45, 2.75) is 58.5 Å². The number of hydrogen-bond donors (Lipinski definition) is 0. The molecule has 0 radical (unpaired) electrons. The van der Waals surface area contributed by atoms with Crippen molar-refractivity contribution in [3.8, 4) is 0 Å². The Labute approximate surface area is 93.4 Å². The summed E-state index contributed by atoms with van der Waals surface area (Å²) in [5, 5.41) is 0. The molecule has 15 heavy (non-hydrogen) atoms. The molecule has 1 aliphatic rings. The maximum Gasteiger partial charge on any atom is 0.138 e. The first-order chi connectivity index (χ1) is 7.19. The summed E-state index contributed by atoms with van der Waals surface area (Å²) in [5.41, 5.74) is 0. The average Bonchev–Trinajstić information content (AvgIpc) is 2.28. The molecule has 1 fully saturated rings. The summed E-state index contributed by atoms with van der Waals surface area (Å²) < 4.78 is 5.16. The van der Waals surface area contributed by atoms with Crippen molar-refractivity contribution in [3.63, 3.8) is 0 Å². The maximum absolute atomic E-state index is 12.1. The van der Waals surface area contributed by atoms with Gasteiger partial charge in [0, 0.05) is 19.4 Å². The zero-order valence-corrected chi connectivity index (χ0v) is 10.3. The van der Waals surface area contributed by atoms with E-state index in [1.165, 1.54) is 19.3 Å². The summed E-state index contributed by atoms with van der Waals surface area (Å²) in [4.78, 5) is 12.1. The Balaban J connectivity index is 2.48. The van der Waals surface area contributed by atoms with Crippen LogP contribution in [0.4, 0.5) is 0 Å². The normalized spacial score (nSPS) is 28.7. The second-order valence-corrected chi connectivity index (χ2v) is 4.78. The van der Waals surface area contributed by atoms with Crippen LogP contribution in [0.2, 0.25) is 0 Å². The van der Waals surface area contributed by atoms with Gasteiger partial charge < -0.3 is 4.74 Å². The van der Waals surface area contributed by atoms with Crippen LogP contribution >= 0.6 is 0 Å². The van der Waals surface area contributed by atoms with Gasteiger partial charge in [0.2, 0.25) is 0 Å². The van der Waals surface area contributed by atoms with E-state index in [0.29, 0.717) is 24.0 Å². The quantitative estimate of drug-likeness (QED) is 0.699. The minimum Gasteiger partial charge on any atom is -0.381 e. The van der Waals surface area contributed by atoms with Crippen LogP contribution < -0.4 is 0 Å². The van der Waals surface area contributed by atoms with Crippen LogP contribution in [0.15, 0.2) is 0 Å². The minimum atomic E-state index is 0.0805. The largest absolute Gasteiger partial charge is 0.381 e. The van der Waals surface area contributed by atoms with E-state index >= 15 is 0 Å². The van der Waals surface area contributed by atoms with Crippen LogP contribution in [-0.4, -0.2) is 19.0 Å². The van der Waals surface area contributed by atoms with Crippen molar-refractivity contribution >= 4 is 5.78 Å². The predicted molar refractivity (Wildman–Crippen MR) is 61.8 cm³/mol. The van der Waals surface area contributed by atoms with Crippen LogP contribution in [0.1, 0.15) is 52.4 Å². The highest BCUT2D eigenvalue weighted by Gasteiger charge is 2.29. The Morgan fingerprint density at radius 1 is 1.40 bits per heavy atom. The first-order valence-electron chi connectivity index (χ1n) is 6.24. The SMILES string of the molecule is CCC1CCCCC1C(=O)CC(C)OC. The second-order valence-electron chi connectivity index (χ2n) is 4.78. The fraction of sp³-hybridized carbons (Fsp3) is 0.923. The zero-order valence-electron chi connectivity index (χ0n) is 10.3. The molecule has 0 aromatic heterocycles. The third-order valence-electron chi connectivity index (χ3n) is 3.74. The summed E-state index contributed by atoms with van der Waals surface area (Å²) in [5.74, 6) is 1.38. The Hall–Kier alpha value is -0.370. The topological polar surface area (TPSA) is 26.3 Å². The molecular formula is C13H24O2. The zero-order chi connectivity index (χ0) is 11.3. The van der Waals surface area contributed by atoms with Gasteiger partial charge in [-0.2, -0.15) is 0 Å². The molecule has 0 N–H and O–H groups in total. The van der Waals surface area contributed by atoms with Gasteiger partial charge in [-0.25, -0.2) is 0 Å². The highest BCUT2D eigenvalue weighted by Crippen LogP contribution is 2.33. The minimum absolute atomic E-state index is 0.0805. The molecule has 0 aliphatic heterocycles. The monoisotopic (exact) mass is 212 g/mol. The summed E-state index contributed by atoms with van der Waals surface area (Å²) in [7, 11) is 1.68. The maximum atomic E-state index is 12.1. The highest BCUT2D eigenvalue weighted by molar-refractivity contribution is 5.81. The summed E-state index contributed by atoms with van der Waals surface area (Å²) in [6.07, 6.45) is 6.71. The van der Waals surface area contributed by atoms with Gasteiger partial charge in [-0.05, 0) is 25.7 Å². The van der Waals surface area contributed by atoms with E-state index in [2.05, 4.69) is 6.92 Å². The van der Waals surface area contributed by atoms with Crippen molar-refractivity contribution in [2.75, 3.05) is 7.11 Å². The molecular weight excluding hydrogens is 188 g/mol.